The van der Waals surface area contributed by atoms with Crippen LogP contribution in [0.2, 0.25) is 0 Å². The minimum Gasteiger partial charge on any atom is -0.388 e. The number of carbonyl (C=O) groups excluding carboxylic acids is 1. The molecule has 0 aliphatic carbocycles. The number of carbonyl (C=O) groups is 1. The number of hydrogen-bond acceptors (Lipinski definition) is 2. The Morgan fingerprint density at radius 3 is 2.33 bits per heavy atom. The summed E-state index contributed by atoms with van der Waals surface area (Å²) >= 11 is 0. The van der Waals surface area contributed by atoms with Crippen LogP contribution < -0.4 is 5.32 Å². The fraction of sp³-hybridized carbons (Fsp3) is 0.500. The van der Waals surface area contributed by atoms with E-state index < -0.39 is 0 Å². The third kappa shape index (κ3) is 3.96. The lowest BCUT2D eigenvalue weighted by Gasteiger charge is -2.01. The van der Waals surface area contributed by atoms with Crippen LogP contribution in [0.15, 0.2) is 23.4 Å². The van der Waals surface area contributed by atoms with Crippen molar-refractivity contribution in [1.29, 1.82) is 0 Å². The second kappa shape index (κ2) is 5.58. The van der Waals surface area contributed by atoms with Crippen LogP contribution in [0, 0.1) is 0 Å². The Bertz CT molecular complexity index is 214. The molecule has 0 fully saturated rings. The van der Waals surface area contributed by atoms with Gasteiger partial charge in [0.1, 0.15) is 0 Å². The van der Waals surface area contributed by atoms with E-state index in [-0.39, 0.29) is 5.78 Å². The fourth-order valence-corrected chi connectivity index (χ4v) is 0.788. The molecule has 0 aliphatic heterocycles. The standard InChI is InChI=1S/C10H17NO/c1-5-6-10(11-4)7-8(2)9(3)12/h6-7,11H,5H2,1-4H3/b8-7-,10-6+. The van der Waals surface area contributed by atoms with Gasteiger partial charge in [-0.1, -0.05) is 13.0 Å². The molecule has 12 heavy (non-hydrogen) atoms. The second-order valence-electron chi connectivity index (χ2n) is 2.70. The van der Waals surface area contributed by atoms with Crippen LogP contribution in [0.25, 0.3) is 0 Å². The van der Waals surface area contributed by atoms with E-state index in [4.69, 9.17) is 0 Å². The van der Waals surface area contributed by atoms with Crippen molar-refractivity contribution in [2.45, 2.75) is 27.2 Å². The van der Waals surface area contributed by atoms with Crippen molar-refractivity contribution in [2.24, 2.45) is 0 Å². The summed E-state index contributed by atoms with van der Waals surface area (Å²) in [6.45, 7) is 5.46. The summed E-state index contributed by atoms with van der Waals surface area (Å²) in [5, 5.41) is 3.02. The smallest absolute Gasteiger partial charge is 0.155 e. The molecule has 0 aliphatic rings. The third-order valence-electron chi connectivity index (χ3n) is 1.64. The van der Waals surface area contributed by atoms with Crippen LogP contribution >= 0.6 is 0 Å². The first-order valence-corrected chi connectivity index (χ1v) is 4.19. The molecule has 0 atom stereocenters. The minimum atomic E-state index is 0.118. The first-order chi connectivity index (χ1) is 5.61. The quantitative estimate of drug-likeness (QED) is 0.513. The highest BCUT2D eigenvalue weighted by molar-refractivity contribution is 5.93. The molecule has 0 saturated heterocycles. The van der Waals surface area contributed by atoms with Gasteiger partial charge >= 0.3 is 0 Å². The lowest BCUT2D eigenvalue weighted by Crippen LogP contribution is -2.05. The zero-order chi connectivity index (χ0) is 9.56. The molecule has 2 heteroatoms. The van der Waals surface area contributed by atoms with Gasteiger partial charge in [-0.2, -0.15) is 0 Å². The Labute approximate surface area is 74.4 Å². The summed E-state index contributed by atoms with van der Waals surface area (Å²) in [7, 11) is 1.85. The fourth-order valence-electron chi connectivity index (χ4n) is 0.788. The Morgan fingerprint density at radius 1 is 1.42 bits per heavy atom. The van der Waals surface area contributed by atoms with E-state index in [9.17, 15) is 4.79 Å². The molecule has 0 bridgehead atoms. The predicted molar refractivity (Wildman–Crippen MR) is 51.9 cm³/mol. The first-order valence-electron chi connectivity index (χ1n) is 4.19. The molecule has 0 heterocycles. The molecular formula is C10H17NO. The van der Waals surface area contributed by atoms with Gasteiger partial charge in [0.15, 0.2) is 5.78 Å². The highest BCUT2D eigenvalue weighted by Crippen LogP contribution is 2.01. The predicted octanol–water partition coefficient (Wildman–Crippen LogP) is 2.04. The van der Waals surface area contributed by atoms with Crippen molar-refractivity contribution in [3.8, 4) is 0 Å². The van der Waals surface area contributed by atoms with Crippen LogP contribution in [-0.2, 0) is 4.79 Å². The summed E-state index contributed by atoms with van der Waals surface area (Å²) in [5.41, 5.74) is 1.79. The van der Waals surface area contributed by atoms with Crippen LogP contribution in [-0.4, -0.2) is 12.8 Å². The minimum absolute atomic E-state index is 0.118. The molecule has 0 spiro atoms. The SMILES string of the molecule is CC/C=C(\C=C(\C)C(C)=O)NC. The zero-order valence-electron chi connectivity index (χ0n) is 8.27. The van der Waals surface area contributed by atoms with Gasteiger partial charge < -0.3 is 5.32 Å². The van der Waals surface area contributed by atoms with Crippen LogP contribution in [0.5, 0.6) is 0 Å². The molecule has 0 radical (unpaired) electrons. The molecule has 0 saturated carbocycles. The molecule has 0 aromatic carbocycles. The van der Waals surface area contributed by atoms with E-state index in [2.05, 4.69) is 12.2 Å². The van der Waals surface area contributed by atoms with Gasteiger partial charge in [-0.25, -0.2) is 0 Å². The molecule has 0 aromatic rings. The highest BCUT2D eigenvalue weighted by atomic mass is 16.1. The monoisotopic (exact) mass is 167 g/mol. The van der Waals surface area contributed by atoms with Gasteiger partial charge in [-0.3, -0.25) is 4.79 Å². The number of likely N-dealkylation sites (N-methyl/N-ethyl adjacent to an activating group) is 1. The number of rotatable bonds is 4. The summed E-state index contributed by atoms with van der Waals surface area (Å²) in [6, 6.07) is 0. The topological polar surface area (TPSA) is 29.1 Å². The lowest BCUT2D eigenvalue weighted by atomic mass is 10.1. The van der Waals surface area contributed by atoms with Gasteiger partial charge in [0.05, 0.1) is 0 Å². The van der Waals surface area contributed by atoms with E-state index in [1.807, 2.05) is 26.1 Å². The zero-order valence-corrected chi connectivity index (χ0v) is 8.27. The largest absolute Gasteiger partial charge is 0.388 e. The Kier molecular flexibility index (Phi) is 5.09. The summed E-state index contributed by atoms with van der Waals surface area (Å²) in [4.78, 5) is 10.9. The normalized spacial score (nSPS) is 13.0. The van der Waals surface area contributed by atoms with E-state index in [1.54, 1.807) is 6.92 Å². The molecule has 0 unspecified atom stereocenters. The molecule has 1 N–H and O–H groups in total. The number of Topliss-reactive ketones (excluding diaryl/α,β-unsaturated/α-hetero) is 1. The summed E-state index contributed by atoms with van der Waals surface area (Å²) < 4.78 is 0. The van der Waals surface area contributed by atoms with Crippen molar-refractivity contribution < 1.29 is 4.79 Å². The third-order valence-corrected chi connectivity index (χ3v) is 1.64. The van der Waals surface area contributed by atoms with Crippen LogP contribution in [0.3, 0.4) is 0 Å². The van der Waals surface area contributed by atoms with Gasteiger partial charge in [0, 0.05) is 12.7 Å². The Balaban J connectivity index is 4.47. The molecule has 0 amide bonds. The maximum absolute atomic E-state index is 10.9. The first kappa shape index (κ1) is 11.0. The Hall–Kier alpha value is -1.05. The van der Waals surface area contributed by atoms with E-state index in [0.29, 0.717) is 0 Å². The van der Waals surface area contributed by atoms with E-state index in [1.165, 1.54) is 0 Å². The Morgan fingerprint density at radius 2 is 2.00 bits per heavy atom. The molecule has 0 aromatic heterocycles. The highest BCUT2D eigenvalue weighted by Gasteiger charge is 1.96. The average molecular weight is 167 g/mol. The molecule has 0 rings (SSSR count). The molecular weight excluding hydrogens is 150 g/mol. The second-order valence-corrected chi connectivity index (χ2v) is 2.70. The van der Waals surface area contributed by atoms with Crippen LogP contribution in [0.4, 0.5) is 0 Å². The number of ketones is 1. The van der Waals surface area contributed by atoms with E-state index in [0.717, 1.165) is 17.7 Å². The average Bonchev–Trinajstić information content (AvgIpc) is 2.03. The lowest BCUT2D eigenvalue weighted by molar-refractivity contribution is -0.113. The van der Waals surface area contributed by atoms with Crippen molar-refractivity contribution in [3.05, 3.63) is 23.4 Å². The number of nitrogens with one attached hydrogen (secondary N) is 1. The number of hydrogen-bond donors (Lipinski definition) is 1. The van der Waals surface area contributed by atoms with Gasteiger partial charge in [0.2, 0.25) is 0 Å². The van der Waals surface area contributed by atoms with E-state index >= 15 is 0 Å². The van der Waals surface area contributed by atoms with Crippen molar-refractivity contribution in [1.82, 2.24) is 5.32 Å². The summed E-state index contributed by atoms with van der Waals surface area (Å²) in [5.74, 6) is 0.118. The van der Waals surface area contributed by atoms with Gasteiger partial charge in [-0.05, 0) is 31.9 Å². The maximum Gasteiger partial charge on any atom is 0.155 e. The van der Waals surface area contributed by atoms with Crippen LogP contribution in [0.1, 0.15) is 27.2 Å². The van der Waals surface area contributed by atoms with Crippen molar-refractivity contribution >= 4 is 5.78 Å². The number of allylic oxidation sites excluding steroid dienone is 3. The maximum atomic E-state index is 10.9. The molecule has 2 nitrogen and oxygen atoms in total. The van der Waals surface area contributed by atoms with Gasteiger partial charge in [-0.15, -0.1) is 0 Å². The molecule has 68 valence electrons. The van der Waals surface area contributed by atoms with Crippen molar-refractivity contribution in [2.75, 3.05) is 7.05 Å². The van der Waals surface area contributed by atoms with Gasteiger partial charge in [0.25, 0.3) is 0 Å². The summed E-state index contributed by atoms with van der Waals surface area (Å²) in [6.07, 6.45) is 4.89. The van der Waals surface area contributed by atoms with Crippen molar-refractivity contribution in [3.63, 3.8) is 0 Å².